The lowest BCUT2D eigenvalue weighted by Gasteiger charge is -2.43. The fourth-order valence-electron chi connectivity index (χ4n) is 4.15. The maximum Gasteiger partial charge on any atom is 0.329 e. The van der Waals surface area contributed by atoms with Gasteiger partial charge >= 0.3 is 5.97 Å². The number of ether oxygens (including phenoxy) is 1. The fourth-order valence-corrected chi connectivity index (χ4v) is 4.15. The number of fused-ring (bicyclic) bond motifs is 2. The van der Waals surface area contributed by atoms with Gasteiger partial charge in [-0.2, -0.15) is 0 Å². The summed E-state index contributed by atoms with van der Waals surface area (Å²) in [5.41, 5.74) is 0. The van der Waals surface area contributed by atoms with Crippen molar-refractivity contribution in [2.45, 2.75) is 52.5 Å². The van der Waals surface area contributed by atoms with Gasteiger partial charge in [0, 0.05) is 13.3 Å². The quantitative estimate of drug-likeness (QED) is 0.801. The minimum Gasteiger partial charge on any atom is -0.464 e. The van der Waals surface area contributed by atoms with Crippen LogP contribution in [0, 0.1) is 23.7 Å². The summed E-state index contributed by atoms with van der Waals surface area (Å²) in [7, 11) is 0. The predicted molar refractivity (Wildman–Crippen MR) is 77.3 cm³/mol. The zero-order valence-electron chi connectivity index (χ0n) is 13.1. The van der Waals surface area contributed by atoms with Crippen LogP contribution in [0.15, 0.2) is 0 Å². The molecular weight excluding hydrogens is 270 g/mol. The monoisotopic (exact) mass is 295 g/mol. The molecule has 118 valence electrons. The van der Waals surface area contributed by atoms with Gasteiger partial charge in [0.05, 0.1) is 12.5 Å². The van der Waals surface area contributed by atoms with Crippen LogP contribution in [-0.4, -0.2) is 30.3 Å². The Labute approximate surface area is 125 Å². The molecule has 0 aromatic carbocycles. The van der Waals surface area contributed by atoms with Crippen molar-refractivity contribution in [2.24, 2.45) is 23.7 Å². The van der Waals surface area contributed by atoms with Gasteiger partial charge in [-0.3, -0.25) is 9.59 Å². The van der Waals surface area contributed by atoms with Gasteiger partial charge in [-0.15, -0.1) is 0 Å². The number of amides is 1. The SMILES string of the molecule is CCOC(=O)[C@@H](NC(C)=O)[C@H]1C(=O)CC2CC1C[C@@H](C)C2. The van der Waals surface area contributed by atoms with E-state index in [-0.39, 0.29) is 24.2 Å². The lowest BCUT2D eigenvalue weighted by molar-refractivity contribution is -0.154. The van der Waals surface area contributed by atoms with E-state index in [0.717, 1.165) is 19.3 Å². The number of hydrogen-bond acceptors (Lipinski definition) is 4. The van der Waals surface area contributed by atoms with Crippen molar-refractivity contribution in [3.05, 3.63) is 0 Å². The lowest BCUT2D eigenvalue weighted by atomic mass is 9.61. The maximum atomic E-state index is 12.5. The summed E-state index contributed by atoms with van der Waals surface area (Å²) in [5.74, 6) is 0.102. The standard InChI is InChI=1S/C16H25NO4/c1-4-21-16(20)15(17-10(3)18)14-12-6-9(2)5-11(7-12)8-13(14)19/h9,11-12,14-15H,4-8H2,1-3H3,(H,17,18)/t9-,11?,12?,14+,15-/m0/s1. The Balaban J connectivity index is 2.21. The Morgan fingerprint density at radius 2 is 2.05 bits per heavy atom. The normalized spacial score (nSPS) is 33.2. The van der Waals surface area contributed by atoms with E-state index in [0.29, 0.717) is 18.3 Å². The topological polar surface area (TPSA) is 72.5 Å². The molecule has 0 saturated heterocycles. The molecule has 1 amide bonds. The molecular formula is C16H25NO4. The first-order valence-corrected chi connectivity index (χ1v) is 7.88. The van der Waals surface area contributed by atoms with Gasteiger partial charge in [-0.05, 0) is 43.9 Å². The molecule has 0 radical (unpaired) electrons. The second-order valence-electron chi connectivity index (χ2n) is 6.56. The molecule has 5 atom stereocenters. The van der Waals surface area contributed by atoms with Crippen molar-refractivity contribution in [3.63, 3.8) is 0 Å². The van der Waals surface area contributed by atoms with Gasteiger partial charge in [-0.1, -0.05) is 6.92 Å². The molecule has 21 heavy (non-hydrogen) atoms. The van der Waals surface area contributed by atoms with E-state index in [1.54, 1.807) is 6.92 Å². The van der Waals surface area contributed by atoms with Crippen LogP contribution in [0.4, 0.5) is 0 Å². The first-order chi connectivity index (χ1) is 9.92. The highest BCUT2D eigenvalue weighted by Crippen LogP contribution is 2.45. The molecule has 2 aliphatic carbocycles. The average Bonchev–Trinajstić information content (AvgIpc) is 2.36. The van der Waals surface area contributed by atoms with Crippen LogP contribution in [0.5, 0.6) is 0 Å². The molecule has 2 unspecified atom stereocenters. The number of rotatable bonds is 4. The average molecular weight is 295 g/mol. The molecule has 5 nitrogen and oxygen atoms in total. The van der Waals surface area contributed by atoms with Crippen molar-refractivity contribution < 1.29 is 19.1 Å². The second-order valence-corrected chi connectivity index (χ2v) is 6.56. The third kappa shape index (κ3) is 3.63. The smallest absolute Gasteiger partial charge is 0.329 e. The summed E-state index contributed by atoms with van der Waals surface area (Å²) in [6.07, 6.45) is 3.55. The van der Waals surface area contributed by atoms with Gasteiger partial charge in [0.15, 0.2) is 0 Å². The van der Waals surface area contributed by atoms with Crippen LogP contribution >= 0.6 is 0 Å². The molecule has 2 rings (SSSR count). The summed E-state index contributed by atoms with van der Waals surface area (Å²) in [5, 5.41) is 2.65. The van der Waals surface area contributed by atoms with Gasteiger partial charge in [0.25, 0.3) is 0 Å². The number of ketones is 1. The molecule has 0 spiro atoms. The second kappa shape index (κ2) is 6.58. The van der Waals surface area contributed by atoms with Crippen LogP contribution in [0.1, 0.15) is 46.5 Å². The van der Waals surface area contributed by atoms with Crippen LogP contribution in [-0.2, 0) is 19.1 Å². The number of Topliss-reactive ketones (excluding diaryl/α,β-unsaturated/α-hetero) is 1. The largest absolute Gasteiger partial charge is 0.464 e. The molecule has 5 heteroatoms. The lowest BCUT2D eigenvalue weighted by Crippen LogP contribution is -2.54. The number of esters is 1. The highest BCUT2D eigenvalue weighted by Gasteiger charge is 2.47. The number of carbonyl (C=O) groups excluding carboxylic acids is 3. The first kappa shape index (κ1) is 16.0. The van der Waals surface area contributed by atoms with E-state index in [9.17, 15) is 14.4 Å². The van der Waals surface area contributed by atoms with Crippen LogP contribution < -0.4 is 5.32 Å². The van der Waals surface area contributed by atoms with E-state index < -0.39 is 17.9 Å². The summed E-state index contributed by atoms with van der Waals surface area (Å²) in [6, 6.07) is -0.828. The first-order valence-electron chi connectivity index (χ1n) is 7.88. The van der Waals surface area contributed by atoms with Crippen molar-refractivity contribution in [1.82, 2.24) is 5.32 Å². The number of carbonyl (C=O) groups is 3. The van der Waals surface area contributed by atoms with Crippen molar-refractivity contribution >= 4 is 17.7 Å². The third-order valence-corrected chi connectivity index (χ3v) is 4.70. The summed E-state index contributed by atoms with van der Waals surface area (Å²) < 4.78 is 5.07. The Morgan fingerprint density at radius 1 is 1.33 bits per heavy atom. The van der Waals surface area contributed by atoms with Gasteiger partial charge in [0.2, 0.25) is 5.91 Å². The van der Waals surface area contributed by atoms with Gasteiger partial charge < -0.3 is 10.1 Å². The van der Waals surface area contributed by atoms with Crippen molar-refractivity contribution in [3.8, 4) is 0 Å². The van der Waals surface area contributed by atoms with E-state index in [4.69, 9.17) is 4.74 Å². The zero-order valence-corrected chi connectivity index (χ0v) is 13.1. The van der Waals surface area contributed by atoms with Crippen molar-refractivity contribution in [2.75, 3.05) is 6.61 Å². The van der Waals surface area contributed by atoms with Crippen LogP contribution in [0.2, 0.25) is 0 Å². The van der Waals surface area contributed by atoms with Gasteiger partial charge in [-0.25, -0.2) is 4.79 Å². The highest BCUT2D eigenvalue weighted by molar-refractivity contribution is 5.92. The Bertz CT molecular complexity index is 432. The molecule has 2 fully saturated rings. The molecule has 2 bridgehead atoms. The van der Waals surface area contributed by atoms with Crippen molar-refractivity contribution in [1.29, 1.82) is 0 Å². The number of nitrogens with one attached hydrogen (secondary N) is 1. The molecule has 0 heterocycles. The number of hydrogen-bond donors (Lipinski definition) is 1. The van der Waals surface area contributed by atoms with E-state index in [1.165, 1.54) is 6.92 Å². The minimum atomic E-state index is -0.828. The fraction of sp³-hybridized carbons (Fsp3) is 0.812. The summed E-state index contributed by atoms with van der Waals surface area (Å²) >= 11 is 0. The Hall–Kier alpha value is -1.39. The highest BCUT2D eigenvalue weighted by atomic mass is 16.5. The Morgan fingerprint density at radius 3 is 2.67 bits per heavy atom. The van der Waals surface area contributed by atoms with Crippen LogP contribution in [0.3, 0.4) is 0 Å². The molecule has 2 aliphatic rings. The maximum absolute atomic E-state index is 12.5. The predicted octanol–water partition coefficient (Wildman–Crippen LogP) is 1.70. The zero-order chi connectivity index (χ0) is 15.6. The van der Waals surface area contributed by atoms with E-state index in [2.05, 4.69) is 12.2 Å². The summed E-state index contributed by atoms with van der Waals surface area (Å²) in [4.78, 5) is 36.1. The summed E-state index contributed by atoms with van der Waals surface area (Å²) in [6.45, 7) is 5.54. The Kier molecular flexibility index (Phi) is 5.01. The minimum absolute atomic E-state index is 0.106. The van der Waals surface area contributed by atoms with E-state index >= 15 is 0 Å². The molecule has 0 aromatic rings. The van der Waals surface area contributed by atoms with E-state index in [1.807, 2.05) is 0 Å². The third-order valence-electron chi connectivity index (χ3n) is 4.70. The molecule has 2 saturated carbocycles. The van der Waals surface area contributed by atoms with Gasteiger partial charge in [0.1, 0.15) is 11.8 Å². The molecule has 0 aromatic heterocycles. The molecule has 0 aliphatic heterocycles. The van der Waals surface area contributed by atoms with Crippen LogP contribution in [0.25, 0.3) is 0 Å². The molecule has 1 N–H and O–H groups in total.